The molecule has 100 valence electrons. The van der Waals surface area contributed by atoms with Crippen molar-refractivity contribution >= 4 is 16.5 Å². The summed E-state index contributed by atoms with van der Waals surface area (Å²) in [5, 5.41) is 6.15. The first-order valence-corrected chi connectivity index (χ1v) is 6.36. The number of benzene rings is 1. The molecule has 0 unspecified atom stereocenters. The predicted molar refractivity (Wildman–Crippen MR) is 77.3 cm³/mol. The van der Waals surface area contributed by atoms with E-state index in [-0.39, 0.29) is 0 Å². The molecule has 2 heterocycles. The maximum atomic E-state index is 5.50. The van der Waals surface area contributed by atoms with Gasteiger partial charge in [0.05, 0.1) is 6.61 Å². The minimum Gasteiger partial charge on any atom is -0.494 e. The fourth-order valence-electron chi connectivity index (χ4n) is 2.15. The number of aromatic nitrogens is 4. The number of pyridine rings is 1. The van der Waals surface area contributed by atoms with Crippen LogP contribution in [0.3, 0.4) is 0 Å². The number of fused-ring (bicyclic) bond motifs is 1. The van der Waals surface area contributed by atoms with E-state index in [9.17, 15) is 0 Å². The first kappa shape index (κ1) is 12.3. The molecule has 1 aromatic carbocycles. The van der Waals surface area contributed by atoms with Crippen molar-refractivity contribution in [2.75, 3.05) is 6.61 Å². The van der Waals surface area contributed by atoms with Crippen LogP contribution in [0.1, 0.15) is 12.5 Å². The normalized spacial score (nSPS) is 10.7. The lowest BCUT2D eigenvalue weighted by Crippen LogP contribution is -2.01. The second kappa shape index (κ2) is 5.13. The Hall–Kier alpha value is -2.69. The molecule has 0 N–H and O–H groups in total. The van der Waals surface area contributed by atoms with Crippen LogP contribution >= 0.6 is 0 Å². The molecule has 20 heavy (non-hydrogen) atoms. The van der Waals surface area contributed by atoms with Gasteiger partial charge in [-0.1, -0.05) is 30.8 Å². The maximum absolute atomic E-state index is 5.50. The quantitative estimate of drug-likeness (QED) is 0.681. The Morgan fingerprint density at radius 3 is 2.80 bits per heavy atom. The van der Waals surface area contributed by atoms with Crippen molar-refractivity contribution in [3.8, 4) is 5.82 Å². The van der Waals surface area contributed by atoms with Gasteiger partial charge in [-0.05, 0) is 12.3 Å². The van der Waals surface area contributed by atoms with E-state index in [2.05, 4.69) is 21.6 Å². The van der Waals surface area contributed by atoms with Crippen LogP contribution in [0.25, 0.3) is 22.3 Å². The zero-order chi connectivity index (χ0) is 13.9. The van der Waals surface area contributed by atoms with E-state index in [1.807, 2.05) is 31.2 Å². The van der Waals surface area contributed by atoms with Gasteiger partial charge in [-0.25, -0.2) is 14.6 Å². The van der Waals surface area contributed by atoms with Gasteiger partial charge in [0.2, 0.25) is 0 Å². The SMILES string of the molecule is C=C(OCC)c1cnc(-n2cncn2)c2ccccc12. The third-order valence-electron chi connectivity index (χ3n) is 3.03. The first-order chi connectivity index (χ1) is 9.81. The summed E-state index contributed by atoms with van der Waals surface area (Å²) in [7, 11) is 0. The zero-order valence-corrected chi connectivity index (χ0v) is 11.2. The third-order valence-corrected chi connectivity index (χ3v) is 3.03. The topological polar surface area (TPSA) is 52.8 Å². The molecule has 0 atom stereocenters. The van der Waals surface area contributed by atoms with E-state index in [0.717, 1.165) is 22.2 Å². The smallest absolute Gasteiger partial charge is 0.163 e. The highest BCUT2D eigenvalue weighted by Gasteiger charge is 2.11. The minimum absolute atomic E-state index is 0.581. The molecule has 0 aliphatic heterocycles. The maximum Gasteiger partial charge on any atom is 0.163 e. The van der Waals surface area contributed by atoms with Crippen molar-refractivity contribution < 1.29 is 4.74 Å². The van der Waals surface area contributed by atoms with Crippen molar-refractivity contribution in [1.29, 1.82) is 0 Å². The molecule has 3 rings (SSSR count). The number of rotatable bonds is 4. The van der Waals surface area contributed by atoms with Crippen molar-refractivity contribution in [3.63, 3.8) is 0 Å². The lowest BCUT2D eigenvalue weighted by atomic mass is 10.1. The summed E-state index contributed by atoms with van der Waals surface area (Å²) in [5.74, 6) is 1.37. The molecular weight excluding hydrogens is 252 g/mol. The molecule has 5 heteroatoms. The average molecular weight is 266 g/mol. The van der Waals surface area contributed by atoms with Crippen LogP contribution in [0.4, 0.5) is 0 Å². The van der Waals surface area contributed by atoms with E-state index in [4.69, 9.17) is 4.74 Å². The Morgan fingerprint density at radius 1 is 1.30 bits per heavy atom. The fraction of sp³-hybridized carbons (Fsp3) is 0.133. The predicted octanol–water partition coefficient (Wildman–Crippen LogP) is 2.82. The molecule has 0 aliphatic rings. The van der Waals surface area contributed by atoms with Crippen LogP contribution < -0.4 is 0 Å². The van der Waals surface area contributed by atoms with Gasteiger partial charge < -0.3 is 4.74 Å². The van der Waals surface area contributed by atoms with Crippen LogP contribution in [-0.2, 0) is 4.74 Å². The highest BCUT2D eigenvalue weighted by molar-refractivity contribution is 5.95. The summed E-state index contributed by atoms with van der Waals surface area (Å²) in [6.07, 6.45) is 4.88. The Labute approximate surface area is 116 Å². The molecular formula is C15H14N4O. The zero-order valence-electron chi connectivity index (χ0n) is 11.2. The highest BCUT2D eigenvalue weighted by Crippen LogP contribution is 2.27. The van der Waals surface area contributed by atoms with Gasteiger partial charge in [0.15, 0.2) is 5.82 Å². The van der Waals surface area contributed by atoms with E-state index >= 15 is 0 Å². The number of ether oxygens (including phenoxy) is 1. The number of nitrogens with zero attached hydrogens (tertiary/aromatic N) is 4. The van der Waals surface area contributed by atoms with Gasteiger partial charge in [0.25, 0.3) is 0 Å². The number of hydrogen-bond acceptors (Lipinski definition) is 4. The van der Waals surface area contributed by atoms with Crippen LogP contribution in [-0.4, -0.2) is 26.4 Å². The number of hydrogen-bond donors (Lipinski definition) is 0. The van der Waals surface area contributed by atoms with Gasteiger partial charge >= 0.3 is 0 Å². The summed E-state index contributed by atoms with van der Waals surface area (Å²) in [6.45, 7) is 6.48. The standard InChI is InChI=1S/C15H14N4O/c1-3-20-11(2)14-8-17-15(19-10-16-9-18-19)13-7-5-4-6-12(13)14/h4-10H,2-3H2,1H3. The Balaban J connectivity index is 2.23. The van der Waals surface area contributed by atoms with Gasteiger partial charge in [-0.15, -0.1) is 0 Å². The molecule has 0 saturated heterocycles. The molecule has 5 nitrogen and oxygen atoms in total. The van der Waals surface area contributed by atoms with Crippen molar-refractivity contribution in [1.82, 2.24) is 19.7 Å². The molecule has 0 aliphatic carbocycles. The molecule has 3 aromatic rings. The molecule has 0 spiro atoms. The molecule has 0 saturated carbocycles. The molecule has 2 aromatic heterocycles. The van der Waals surface area contributed by atoms with Crippen LogP contribution in [0.15, 0.2) is 49.7 Å². The van der Waals surface area contributed by atoms with Crippen LogP contribution in [0.2, 0.25) is 0 Å². The summed E-state index contributed by atoms with van der Waals surface area (Å²) < 4.78 is 7.15. The summed E-state index contributed by atoms with van der Waals surface area (Å²) in [4.78, 5) is 8.43. The molecule has 0 bridgehead atoms. The van der Waals surface area contributed by atoms with Gasteiger partial charge in [-0.2, -0.15) is 5.10 Å². The van der Waals surface area contributed by atoms with Crippen LogP contribution in [0.5, 0.6) is 0 Å². The largest absolute Gasteiger partial charge is 0.494 e. The van der Waals surface area contributed by atoms with E-state index in [0.29, 0.717) is 12.4 Å². The molecule has 0 fully saturated rings. The van der Waals surface area contributed by atoms with E-state index in [1.54, 1.807) is 17.2 Å². The molecule has 0 amide bonds. The fourth-order valence-corrected chi connectivity index (χ4v) is 2.15. The average Bonchev–Trinajstić information content (AvgIpc) is 3.00. The Bertz CT molecular complexity index is 750. The molecule has 0 radical (unpaired) electrons. The Kier molecular flexibility index (Phi) is 3.16. The van der Waals surface area contributed by atoms with Gasteiger partial charge in [0.1, 0.15) is 18.4 Å². The Morgan fingerprint density at radius 2 is 2.10 bits per heavy atom. The summed E-state index contributed by atoms with van der Waals surface area (Å²) >= 11 is 0. The van der Waals surface area contributed by atoms with E-state index in [1.165, 1.54) is 6.33 Å². The van der Waals surface area contributed by atoms with Crippen LogP contribution in [0, 0.1) is 0 Å². The lowest BCUT2D eigenvalue weighted by molar-refractivity contribution is 0.299. The van der Waals surface area contributed by atoms with Gasteiger partial charge in [0, 0.05) is 17.1 Å². The van der Waals surface area contributed by atoms with Crippen molar-refractivity contribution in [2.45, 2.75) is 6.92 Å². The van der Waals surface area contributed by atoms with Gasteiger partial charge in [-0.3, -0.25) is 0 Å². The second-order valence-electron chi connectivity index (χ2n) is 4.24. The lowest BCUT2D eigenvalue weighted by Gasteiger charge is -2.12. The monoisotopic (exact) mass is 266 g/mol. The van der Waals surface area contributed by atoms with E-state index < -0.39 is 0 Å². The summed E-state index contributed by atoms with van der Waals surface area (Å²) in [6, 6.07) is 7.98. The third kappa shape index (κ3) is 2.03. The highest BCUT2D eigenvalue weighted by atomic mass is 16.5. The second-order valence-corrected chi connectivity index (χ2v) is 4.24. The van der Waals surface area contributed by atoms with Crippen molar-refractivity contribution in [2.24, 2.45) is 0 Å². The summed E-state index contributed by atoms with van der Waals surface area (Å²) in [5.41, 5.74) is 0.895. The minimum atomic E-state index is 0.581. The van der Waals surface area contributed by atoms with Crippen molar-refractivity contribution in [3.05, 3.63) is 55.3 Å². The first-order valence-electron chi connectivity index (χ1n) is 6.36.